The van der Waals surface area contributed by atoms with Gasteiger partial charge in [0.25, 0.3) is 0 Å². The number of nitrogens with two attached hydrogens (primary N) is 1. The highest BCUT2D eigenvalue weighted by Gasteiger charge is 2.15. The maximum absolute atomic E-state index is 10.9. The van der Waals surface area contributed by atoms with Crippen molar-refractivity contribution in [3.63, 3.8) is 0 Å². The number of rotatable bonds is 4. The minimum atomic E-state index is -0.541. The topological polar surface area (TPSA) is 125 Å². The Morgan fingerprint density at radius 1 is 1.39 bits per heavy atom. The zero-order chi connectivity index (χ0) is 16.2. The second-order valence-corrected chi connectivity index (χ2v) is 4.64. The van der Waals surface area contributed by atoms with Crippen molar-refractivity contribution >= 4 is 17.5 Å². The van der Waals surface area contributed by atoms with Crippen LogP contribution in [0.5, 0.6) is 11.5 Å². The molecule has 0 bridgehead atoms. The molecule has 9 heteroatoms. The van der Waals surface area contributed by atoms with Gasteiger partial charge in [-0.3, -0.25) is 10.1 Å². The number of fused-ring (bicyclic) bond motifs is 1. The Bertz CT molecular complexity index is 778. The number of pyridine rings is 1. The van der Waals surface area contributed by atoms with Gasteiger partial charge in [-0.1, -0.05) is 6.07 Å². The molecule has 9 nitrogen and oxygen atoms in total. The zero-order valence-corrected chi connectivity index (χ0v) is 11.9. The number of hydrogen-bond acceptors (Lipinski definition) is 6. The van der Waals surface area contributed by atoms with Crippen LogP contribution in [0.1, 0.15) is 5.56 Å². The van der Waals surface area contributed by atoms with Gasteiger partial charge in [0, 0.05) is 12.3 Å². The summed E-state index contributed by atoms with van der Waals surface area (Å²) >= 11 is 0. The van der Waals surface area contributed by atoms with E-state index in [9.17, 15) is 10.1 Å². The van der Waals surface area contributed by atoms with Gasteiger partial charge in [-0.25, -0.2) is 9.98 Å². The van der Waals surface area contributed by atoms with E-state index >= 15 is 0 Å². The van der Waals surface area contributed by atoms with Crippen LogP contribution < -0.4 is 20.5 Å². The fourth-order valence-electron chi connectivity index (χ4n) is 2.02. The lowest BCUT2D eigenvalue weighted by Crippen LogP contribution is -2.23. The normalized spacial score (nSPS) is 13.0. The summed E-state index contributed by atoms with van der Waals surface area (Å²) in [5.41, 5.74) is 6.45. The average Bonchev–Trinajstić information content (AvgIpc) is 3.01. The minimum Gasteiger partial charge on any atom is -0.454 e. The van der Waals surface area contributed by atoms with Crippen LogP contribution in [0.25, 0.3) is 0 Å². The van der Waals surface area contributed by atoms with E-state index in [1.54, 1.807) is 6.07 Å². The lowest BCUT2D eigenvalue weighted by Gasteiger charge is -2.05. The number of benzene rings is 1. The van der Waals surface area contributed by atoms with Gasteiger partial charge in [0.1, 0.15) is 0 Å². The molecule has 2 aromatic rings. The molecule has 0 fully saturated rings. The van der Waals surface area contributed by atoms with E-state index in [1.165, 1.54) is 18.3 Å². The molecule has 1 aliphatic rings. The first-order valence-corrected chi connectivity index (χ1v) is 6.68. The quantitative estimate of drug-likeness (QED) is 0.380. The Kier molecular flexibility index (Phi) is 3.91. The fraction of sp³-hybridized carbons (Fsp3) is 0.143. The Balaban J connectivity index is 1.70. The zero-order valence-electron chi connectivity index (χ0n) is 11.9. The second-order valence-electron chi connectivity index (χ2n) is 4.64. The molecule has 1 aromatic heterocycles. The molecule has 0 saturated heterocycles. The number of ether oxygens (including phenoxy) is 2. The van der Waals surface area contributed by atoms with E-state index in [2.05, 4.69) is 15.3 Å². The molecule has 118 valence electrons. The molecule has 0 spiro atoms. The molecule has 0 atom stereocenters. The minimum absolute atomic E-state index is 0.0319. The summed E-state index contributed by atoms with van der Waals surface area (Å²) in [6.07, 6.45) is 1.43. The van der Waals surface area contributed by atoms with Gasteiger partial charge in [0.2, 0.25) is 12.6 Å². The molecule has 0 aliphatic carbocycles. The molecule has 0 saturated carbocycles. The van der Waals surface area contributed by atoms with Crippen LogP contribution in [0.15, 0.2) is 41.5 Å². The maximum atomic E-state index is 10.9. The van der Waals surface area contributed by atoms with Gasteiger partial charge in [0.15, 0.2) is 17.5 Å². The largest absolute Gasteiger partial charge is 0.454 e. The SMILES string of the molecule is NC(=NCc1ccc2c(c1)OCO2)Nc1ncccc1[N+](=O)[O-]. The third-order valence-electron chi connectivity index (χ3n) is 3.10. The Morgan fingerprint density at radius 2 is 2.22 bits per heavy atom. The molecule has 0 unspecified atom stereocenters. The van der Waals surface area contributed by atoms with E-state index in [4.69, 9.17) is 15.2 Å². The highest BCUT2D eigenvalue weighted by atomic mass is 16.7. The summed E-state index contributed by atoms with van der Waals surface area (Å²) in [5.74, 6) is 1.42. The summed E-state index contributed by atoms with van der Waals surface area (Å²) in [4.78, 5) is 18.4. The highest BCUT2D eigenvalue weighted by Crippen LogP contribution is 2.32. The van der Waals surface area contributed by atoms with Gasteiger partial charge in [-0.05, 0) is 23.8 Å². The van der Waals surface area contributed by atoms with Crippen LogP contribution in [-0.2, 0) is 6.54 Å². The number of nitrogens with one attached hydrogen (secondary N) is 1. The van der Waals surface area contributed by atoms with Crippen molar-refractivity contribution in [2.75, 3.05) is 12.1 Å². The monoisotopic (exact) mass is 315 g/mol. The lowest BCUT2D eigenvalue weighted by molar-refractivity contribution is -0.384. The third-order valence-corrected chi connectivity index (χ3v) is 3.10. The van der Waals surface area contributed by atoms with Crippen LogP contribution in [0, 0.1) is 10.1 Å². The van der Waals surface area contributed by atoms with E-state index in [1.807, 2.05) is 12.1 Å². The standard InChI is InChI=1S/C14H13N5O4/c15-14(18-13-10(19(20)21)2-1-5-16-13)17-7-9-3-4-11-12(6-9)23-8-22-11/h1-6H,7-8H2,(H3,15,16,17,18). The van der Waals surface area contributed by atoms with Crippen molar-refractivity contribution in [3.05, 3.63) is 52.2 Å². The third kappa shape index (κ3) is 3.28. The maximum Gasteiger partial charge on any atom is 0.311 e. The van der Waals surface area contributed by atoms with Crippen molar-refractivity contribution in [1.82, 2.24) is 4.98 Å². The van der Waals surface area contributed by atoms with Crippen LogP contribution in [-0.4, -0.2) is 22.7 Å². The van der Waals surface area contributed by atoms with E-state index in [0.717, 1.165) is 5.56 Å². The first kappa shape index (κ1) is 14.6. The van der Waals surface area contributed by atoms with Crippen molar-refractivity contribution in [2.45, 2.75) is 6.54 Å². The van der Waals surface area contributed by atoms with E-state index < -0.39 is 4.92 Å². The summed E-state index contributed by atoms with van der Waals surface area (Å²) in [6, 6.07) is 8.25. The number of aliphatic imine (C=N–C) groups is 1. The van der Waals surface area contributed by atoms with Gasteiger partial charge in [-0.2, -0.15) is 0 Å². The summed E-state index contributed by atoms with van der Waals surface area (Å²) in [7, 11) is 0. The first-order chi connectivity index (χ1) is 11.1. The van der Waals surface area contributed by atoms with E-state index in [-0.39, 0.29) is 30.8 Å². The number of guanidine groups is 1. The van der Waals surface area contributed by atoms with Crippen LogP contribution in [0.2, 0.25) is 0 Å². The summed E-state index contributed by atoms with van der Waals surface area (Å²) in [6.45, 7) is 0.491. The molecule has 23 heavy (non-hydrogen) atoms. The molecule has 1 aromatic carbocycles. The molecule has 3 N–H and O–H groups in total. The molecular weight excluding hydrogens is 302 g/mol. The smallest absolute Gasteiger partial charge is 0.311 e. The molecule has 2 heterocycles. The number of nitrogens with zero attached hydrogens (tertiary/aromatic N) is 3. The summed E-state index contributed by atoms with van der Waals surface area (Å²) in [5, 5.41) is 13.5. The first-order valence-electron chi connectivity index (χ1n) is 6.68. The van der Waals surface area contributed by atoms with Gasteiger partial charge < -0.3 is 20.5 Å². The lowest BCUT2D eigenvalue weighted by atomic mass is 10.2. The van der Waals surface area contributed by atoms with Crippen molar-refractivity contribution in [3.8, 4) is 11.5 Å². The van der Waals surface area contributed by atoms with Gasteiger partial charge in [0.05, 0.1) is 11.5 Å². The van der Waals surface area contributed by atoms with Gasteiger partial charge >= 0.3 is 5.69 Å². The predicted octanol–water partition coefficient (Wildman–Crippen LogP) is 1.65. The van der Waals surface area contributed by atoms with Crippen LogP contribution in [0.3, 0.4) is 0 Å². The molecule has 3 rings (SSSR count). The van der Waals surface area contributed by atoms with Crippen LogP contribution in [0.4, 0.5) is 11.5 Å². The molecule has 0 radical (unpaired) electrons. The molecule has 0 amide bonds. The van der Waals surface area contributed by atoms with E-state index in [0.29, 0.717) is 11.5 Å². The van der Waals surface area contributed by atoms with Crippen molar-refractivity contribution in [2.24, 2.45) is 10.7 Å². The second kappa shape index (κ2) is 6.18. The van der Waals surface area contributed by atoms with Gasteiger partial charge in [-0.15, -0.1) is 0 Å². The fourth-order valence-corrected chi connectivity index (χ4v) is 2.02. The van der Waals surface area contributed by atoms with Crippen LogP contribution >= 0.6 is 0 Å². The average molecular weight is 315 g/mol. The highest BCUT2D eigenvalue weighted by molar-refractivity contribution is 5.93. The Morgan fingerprint density at radius 3 is 3.04 bits per heavy atom. The Labute approximate surface area is 130 Å². The van der Waals surface area contributed by atoms with Crippen molar-refractivity contribution < 1.29 is 14.4 Å². The molecular formula is C14H13N5O4. The Hall–Kier alpha value is -3.36. The predicted molar refractivity (Wildman–Crippen MR) is 82.4 cm³/mol. The molecule has 1 aliphatic heterocycles. The number of aromatic nitrogens is 1. The number of hydrogen-bond donors (Lipinski definition) is 2. The summed E-state index contributed by atoms with van der Waals surface area (Å²) < 4.78 is 10.5. The van der Waals surface area contributed by atoms with Crippen molar-refractivity contribution in [1.29, 1.82) is 0 Å². The number of nitro groups is 1. The number of anilines is 1.